The Morgan fingerprint density at radius 2 is 2.26 bits per heavy atom. The molecule has 1 heterocycles. The van der Waals surface area contributed by atoms with Crippen LogP contribution in [-0.4, -0.2) is 38.8 Å². The van der Waals surface area contributed by atoms with Gasteiger partial charge in [-0.05, 0) is 37.1 Å². The molecule has 1 aliphatic heterocycles. The molecule has 1 aromatic rings. The fourth-order valence-electron chi connectivity index (χ4n) is 2.57. The summed E-state index contributed by atoms with van der Waals surface area (Å²) in [6, 6.07) is 7.87. The number of benzene rings is 1. The topological polar surface area (TPSA) is 72.6 Å². The van der Waals surface area contributed by atoms with E-state index in [1.54, 1.807) is 7.11 Å². The molecule has 0 unspecified atom stereocenters. The standard InChI is InChI=1S/C13H20N2O3S/c1-18-13-6-2-4-11(8-13)9-15-7-3-5-12(15)10-19(14,16)17/h2,4,6,8,12H,3,5,7,9-10H2,1H3,(H2,14,16,17)/t12-/m1/s1. The van der Waals surface area contributed by atoms with Gasteiger partial charge in [0.25, 0.3) is 0 Å². The average molecular weight is 284 g/mol. The van der Waals surface area contributed by atoms with Gasteiger partial charge in [0.2, 0.25) is 10.0 Å². The van der Waals surface area contributed by atoms with Gasteiger partial charge in [-0.25, -0.2) is 13.6 Å². The number of ether oxygens (including phenoxy) is 1. The molecule has 0 aliphatic carbocycles. The molecule has 0 aromatic heterocycles. The second-order valence-corrected chi connectivity index (χ2v) is 6.61. The van der Waals surface area contributed by atoms with E-state index in [4.69, 9.17) is 9.88 Å². The summed E-state index contributed by atoms with van der Waals surface area (Å²) in [5, 5.41) is 5.14. The first-order chi connectivity index (χ1) is 8.98. The number of nitrogens with two attached hydrogens (primary N) is 1. The zero-order chi connectivity index (χ0) is 13.9. The van der Waals surface area contributed by atoms with Crippen LogP contribution in [-0.2, 0) is 16.6 Å². The lowest BCUT2D eigenvalue weighted by Crippen LogP contribution is -2.36. The average Bonchev–Trinajstić information content (AvgIpc) is 2.74. The van der Waals surface area contributed by atoms with E-state index >= 15 is 0 Å². The highest BCUT2D eigenvalue weighted by atomic mass is 32.2. The third kappa shape index (κ3) is 4.19. The minimum Gasteiger partial charge on any atom is -0.497 e. The van der Waals surface area contributed by atoms with Crippen molar-refractivity contribution in [1.29, 1.82) is 0 Å². The second kappa shape index (κ2) is 5.90. The van der Waals surface area contributed by atoms with Gasteiger partial charge in [0.05, 0.1) is 12.9 Å². The van der Waals surface area contributed by atoms with Crippen molar-refractivity contribution in [3.8, 4) is 5.75 Å². The van der Waals surface area contributed by atoms with E-state index in [9.17, 15) is 8.42 Å². The molecule has 106 valence electrons. The molecule has 2 N–H and O–H groups in total. The lowest BCUT2D eigenvalue weighted by molar-refractivity contribution is 0.261. The predicted molar refractivity (Wildman–Crippen MR) is 74.4 cm³/mol. The summed E-state index contributed by atoms with van der Waals surface area (Å²) < 4.78 is 27.6. The highest BCUT2D eigenvalue weighted by Crippen LogP contribution is 2.22. The van der Waals surface area contributed by atoms with Crippen molar-refractivity contribution in [2.45, 2.75) is 25.4 Å². The molecule has 2 rings (SSSR count). The van der Waals surface area contributed by atoms with Gasteiger partial charge in [-0.1, -0.05) is 12.1 Å². The summed E-state index contributed by atoms with van der Waals surface area (Å²) in [4.78, 5) is 2.18. The molecular formula is C13H20N2O3S. The first-order valence-electron chi connectivity index (χ1n) is 6.35. The number of primary sulfonamides is 1. The number of hydrogen-bond acceptors (Lipinski definition) is 4. The number of methoxy groups -OCH3 is 1. The second-order valence-electron chi connectivity index (χ2n) is 4.95. The number of hydrogen-bond donors (Lipinski definition) is 1. The zero-order valence-electron chi connectivity index (χ0n) is 11.1. The summed E-state index contributed by atoms with van der Waals surface area (Å²) in [5.74, 6) is 0.858. The maximum Gasteiger partial charge on any atom is 0.210 e. The molecule has 0 bridgehead atoms. The van der Waals surface area contributed by atoms with Crippen LogP contribution in [0.15, 0.2) is 24.3 Å². The van der Waals surface area contributed by atoms with Crippen LogP contribution < -0.4 is 9.88 Å². The number of sulfonamides is 1. The third-order valence-electron chi connectivity index (χ3n) is 3.44. The monoisotopic (exact) mass is 284 g/mol. The Morgan fingerprint density at radius 1 is 1.47 bits per heavy atom. The van der Waals surface area contributed by atoms with Crippen LogP contribution in [0.4, 0.5) is 0 Å². The molecule has 1 saturated heterocycles. The molecule has 0 radical (unpaired) electrons. The number of nitrogens with zero attached hydrogens (tertiary/aromatic N) is 1. The Hall–Kier alpha value is -1.11. The summed E-state index contributed by atoms with van der Waals surface area (Å²) in [6.45, 7) is 1.65. The van der Waals surface area contributed by atoms with E-state index in [1.165, 1.54) is 0 Å². The lowest BCUT2D eigenvalue weighted by atomic mass is 10.2. The third-order valence-corrected chi connectivity index (χ3v) is 4.29. The van der Waals surface area contributed by atoms with E-state index in [-0.39, 0.29) is 11.8 Å². The van der Waals surface area contributed by atoms with E-state index < -0.39 is 10.0 Å². The smallest absolute Gasteiger partial charge is 0.210 e. The van der Waals surface area contributed by atoms with Gasteiger partial charge in [0.15, 0.2) is 0 Å². The molecule has 1 aliphatic rings. The van der Waals surface area contributed by atoms with E-state index in [0.29, 0.717) is 0 Å². The van der Waals surface area contributed by atoms with E-state index in [1.807, 2.05) is 24.3 Å². The van der Waals surface area contributed by atoms with Crippen molar-refractivity contribution in [3.63, 3.8) is 0 Å². The molecule has 1 fully saturated rings. The summed E-state index contributed by atoms with van der Waals surface area (Å²) >= 11 is 0. The van der Waals surface area contributed by atoms with E-state index in [0.717, 1.165) is 37.2 Å². The maximum absolute atomic E-state index is 11.2. The van der Waals surface area contributed by atoms with Gasteiger partial charge in [-0.3, -0.25) is 4.90 Å². The quantitative estimate of drug-likeness (QED) is 0.873. The summed E-state index contributed by atoms with van der Waals surface area (Å²) in [5.41, 5.74) is 1.13. The minimum atomic E-state index is -3.41. The molecule has 6 heteroatoms. The van der Waals surface area contributed by atoms with E-state index in [2.05, 4.69) is 4.90 Å². The van der Waals surface area contributed by atoms with Crippen molar-refractivity contribution in [1.82, 2.24) is 4.90 Å². The van der Waals surface area contributed by atoms with Crippen molar-refractivity contribution in [3.05, 3.63) is 29.8 Å². The molecular weight excluding hydrogens is 264 g/mol. The Balaban J connectivity index is 2.04. The number of likely N-dealkylation sites (tertiary alicyclic amines) is 1. The molecule has 1 atom stereocenters. The Labute approximate surface area is 114 Å². The molecule has 19 heavy (non-hydrogen) atoms. The van der Waals surface area contributed by atoms with Crippen LogP contribution in [0.3, 0.4) is 0 Å². The Morgan fingerprint density at radius 3 is 2.95 bits per heavy atom. The largest absolute Gasteiger partial charge is 0.497 e. The molecule has 0 spiro atoms. The van der Waals surface area contributed by atoms with Gasteiger partial charge in [-0.2, -0.15) is 0 Å². The summed E-state index contributed by atoms with van der Waals surface area (Å²) in [6.07, 6.45) is 1.91. The van der Waals surface area contributed by atoms with Crippen LogP contribution in [0.2, 0.25) is 0 Å². The van der Waals surface area contributed by atoms with Crippen molar-refractivity contribution >= 4 is 10.0 Å². The SMILES string of the molecule is COc1cccc(CN2CCC[C@@H]2CS(N)(=O)=O)c1. The van der Waals surface area contributed by atoms with Gasteiger partial charge >= 0.3 is 0 Å². The van der Waals surface area contributed by atoms with Crippen molar-refractivity contribution < 1.29 is 13.2 Å². The van der Waals surface area contributed by atoms with Crippen molar-refractivity contribution in [2.75, 3.05) is 19.4 Å². The highest BCUT2D eigenvalue weighted by Gasteiger charge is 2.27. The fourth-order valence-corrected chi connectivity index (χ4v) is 3.48. The van der Waals surface area contributed by atoms with Crippen LogP contribution in [0.1, 0.15) is 18.4 Å². The normalized spacial score (nSPS) is 20.6. The Kier molecular flexibility index (Phi) is 4.44. The molecule has 1 aromatic carbocycles. The first-order valence-corrected chi connectivity index (χ1v) is 8.07. The maximum atomic E-state index is 11.2. The lowest BCUT2D eigenvalue weighted by Gasteiger charge is -2.23. The fraction of sp³-hybridized carbons (Fsp3) is 0.538. The van der Waals surface area contributed by atoms with Crippen LogP contribution >= 0.6 is 0 Å². The van der Waals surface area contributed by atoms with Crippen LogP contribution in [0.25, 0.3) is 0 Å². The number of rotatable bonds is 5. The van der Waals surface area contributed by atoms with Crippen LogP contribution in [0, 0.1) is 0 Å². The van der Waals surface area contributed by atoms with Crippen molar-refractivity contribution in [2.24, 2.45) is 5.14 Å². The van der Waals surface area contributed by atoms with Gasteiger partial charge in [0, 0.05) is 12.6 Å². The van der Waals surface area contributed by atoms with Gasteiger partial charge in [-0.15, -0.1) is 0 Å². The zero-order valence-corrected chi connectivity index (χ0v) is 11.9. The Bertz CT molecular complexity index is 530. The summed E-state index contributed by atoms with van der Waals surface area (Å²) in [7, 11) is -1.77. The van der Waals surface area contributed by atoms with Gasteiger partial charge in [0.1, 0.15) is 5.75 Å². The highest BCUT2D eigenvalue weighted by molar-refractivity contribution is 7.89. The molecule has 0 saturated carbocycles. The van der Waals surface area contributed by atoms with Gasteiger partial charge < -0.3 is 4.74 Å². The molecule has 0 amide bonds. The minimum absolute atomic E-state index is 0.0289. The molecule has 5 nitrogen and oxygen atoms in total. The van der Waals surface area contributed by atoms with Crippen LogP contribution in [0.5, 0.6) is 5.75 Å². The first kappa shape index (κ1) is 14.3. The predicted octanol–water partition coefficient (Wildman–Crippen LogP) is 0.948.